The number of carbonyl (C=O) groups excluding carboxylic acids is 4. The summed E-state index contributed by atoms with van der Waals surface area (Å²) < 4.78 is 5.36. The maximum atomic E-state index is 12.5. The first-order chi connectivity index (χ1) is 13.8. The molecule has 1 aliphatic rings. The van der Waals surface area contributed by atoms with Gasteiger partial charge in [-0.3, -0.25) is 24.1 Å². The Labute approximate surface area is 171 Å². The number of benzene rings is 1. The van der Waals surface area contributed by atoms with E-state index in [-0.39, 0.29) is 42.4 Å². The van der Waals surface area contributed by atoms with Gasteiger partial charge in [-0.25, -0.2) is 0 Å². The average Bonchev–Trinajstić information content (AvgIpc) is 3.01. The molecule has 0 bridgehead atoms. The first-order valence-electron chi connectivity index (χ1n) is 9.98. The van der Waals surface area contributed by atoms with E-state index in [1.165, 1.54) is 4.90 Å². The zero-order chi connectivity index (χ0) is 21.4. The summed E-state index contributed by atoms with van der Waals surface area (Å²) in [6.45, 7) is 6.74. The lowest BCUT2D eigenvalue weighted by atomic mass is 10.0. The highest BCUT2D eigenvalue weighted by Crippen LogP contribution is 2.13. The van der Waals surface area contributed by atoms with Crippen LogP contribution < -0.4 is 15.4 Å². The van der Waals surface area contributed by atoms with Gasteiger partial charge in [0.05, 0.1) is 6.61 Å². The van der Waals surface area contributed by atoms with Crippen LogP contribution in [0.2, 0.25) is 0 Å². The smallest absolute Gasteiger partial charge is 0.251 e. The summed E-state index contributed by atoms with van der Waals surface area (Å²) in [6, 6.07) is 6.04. The highest BCUT2D eigenvalue weighted by atomic mass is 16.5. The minimum absolute atomic E-state index is 0.108. The van der Waals surface area contributed by atoms with Crippen molar-refractivity contribution in [3.63, 3.8) is 0 Å². The van der Waals surface area contributed by atoms with Crippen LogP contribution in [0.15, 0.2) is 24.3 Å². The molecule has 2 rings (SSSR count). The zero-order valence-electron chi connectivity index (χ0n) is 17.2. The van der Waals surface area contributed by atoms with Gasteiger partial charge in [0.25, 0.3) is 5.91 Å². The second kappa shape index (κ2) is 10.6. The molecule has 0 radical (unpaired) electrons. The summed E-state index contributed by atoms with van der Waals surface area (Å²) in [4.78, 5) is 49.4. The molecule has 1 fully saturated rings. The van der Waals surface area contributed by atoms with Crippen LogP contribution in [0.5, 0.6) is 5.75 Å². The predicted molar refractivity (Wildman–Crippen MR) is 107 cm³/mol. The molecule has 0 aliphatic carbocycles. The van der Waals surface area contributed by atoms with E-state index in [0.717, 1.165) is 0 Å². The Morgan fingerprint density at radius 3 is 2.28 bits per heavy atom. The third-order valence-electron chi connectivity index (χ3n) is 4.68. The molecule has 4 amide bonds. The van der Waals surface area contributed by atoms with Crippen molar-refractivity contribution in [1.82, 2.24) is 15.5 Å². The van der Waals surface area contributed by atoms with Crippen LogP contribution >= 0.6 is 0 Å². The molecule has 1 atom stereocenters. The largest absolute Gasteiger partial charge is 0.494 e. The monoisotopic (exact) mass is 403 g/mol. The number of ether oxygens (including phenoxy) is 1. The molecule has 0 aromatic heterocycles. The van der Waals surface area contributed by atoms with Crippen molar-refractivity contribution in [3.8, 4) is 5.75 Å². The molecule has 29 heavy (non-hydrogen) atoms. The number of rotatable bonds is 10. The number of hydrogen-bond acceptors (Lipinski definition) is 5. The quantitative estimate of drug-likeness (QED) is 0.455. The highest BCUT2D eigenvalue weighted by molar-refractivity contribution is 6.02. The standard InChI is InChI=1S/C21H29N3O5/c1-4-29-16-8-6-15(7-9-16)20(27)23-19(14(2)3)21(28)22-12-5-13-24-17(25)10-11-18(24)26/h6-9,14,19H,4-5,10-13H2,1-3H3,(H,22,28)(H,23,27). The van der Waals surface area contributed by atoms with Crippen molar-refractivity contribution in [1.29, 1.82) is 0 Å². The Morgan fingerprint density at radius 1 is 1.10 bits per heavy atom. The molecule has 158 valence electrons. The van der Waals surface area contributed by atoms with Gasteiger partial charge in [0, 0.05) is 31.5 Å². The number of imide groups is 1. The molecule has 1 saturated heterocycles. The molecule has 0 spiro atoms. The van der Waals surface area contributed by atoms with E-state index in [0.29, 0.717) is 37.4 Å². The van der Waals surface area contributed by atoms with Crippen molar-refractivity contribution < 1.29 is 23.9 Å². The van der Waals surface area contributed by atoms with Gasteiger partial charge >= 0.3 is 0 Å². The van der Waals surface area contributed by atoms with E-state index in [1.54, 1.807) is 24.3 Å². The minimum atomic E-state index is -0.691. The zero-order valence-corrected chi connectivity index (χ0v) is 17.2. The van der Waals surface area contributed by atoms with Crippen LogP contribution in [0.25, 0.3) is 0 Å². The van der Waals surface area contributed by atoms with Crippen molar-refractivity contribution in [2.75, 3.05) is 19.7 Å². The SMILES string of the molecule is CCOc1ccc(C(=O)NC(C(=O)NCCCN2C(=O)CCC2=O)C(C)C)cc1. The van der Waals surface area contributed by atoms with Gasteiger partial charge in [-0.05, 0) is 43.5 Å². The van der Waals surface area contributed by atoms with E-state index in [9.17, 15) is 19.2 Å². The maximum absolute atomic E-state index is 12.5. The van der Waals surface area contributed by atoms with Crippen molar-refractivity contribution in [2.24, 2.45) is 5.92 Å². The Balaban J connectivity index is 1.84. The van der Waals surface area contributed by atoms with Gasteiger partial charge in [0.2, 0.25) is 17.7 Å². The number of nitrogens with one attached hydrogen (secondary N) is 2. The molecule has 1 heterocycles. The molecular formula is C21H29N3O5. The summed E-state index contributed by atoms with van der Waals surface area (Å²) in [7, 11) is 0. The Bertz CT molecular complexity index is 729. The Morgan fingerprint density at radius 2 is 1.72 bits per heavy atom. The molecule has 2 N–H and O–H groups in total. The molecule has 1 aliphatic heterocycles. The van der Waals surface area contributed by atoms with Crippen molar-refractivity contribution in [3.05, 3.63) is 29.8 Å². The number of likely N-dealkylation sites (tertiary alicyclic amines) is 1. The summed E-state index contributed by atoms with van der Waals surface area (Å²) in [6.07, 6.45) is 0.997. The van der Waals surface area contributed by atoms with E-state index in [1.807, 2.05) is 20.8 Å². The van der Waals surface area contributed by atoms with Crippen LogP contribution in [0.3, 0.4) is 0 Å². The first kappa shape index (κ1) is 22.4. The minimum Gasteiger partial charge on any atom is -0.494 e. The van der Waals surface area contributed by atoms with E-state index < -0.39 is 6.04 Å². The molecule has 0 saturated carbocycles. The van der Waals surface area contributed by atoms with E-state index >= 15 is 0 Å². The average molecular weight is 403 g/mol. The molecule has 8 nitrogen and oxygen atoms in total. The second-order valence-corrected chi connectivity index (χ2v) is 7.24. The summed E-state index contributed by atoms with van der Waals surface area (Å²) >= 11 is 0. The molecule has 1 aromatic rings. The second-order valence-electron chi connectivity index (χ2n) is 7.24. The molecule has 1 aromatic carbocycles. The number of hydrogen-bond donors (Lipinski definition) is 2. The number of carbonyl (C=O) groups is 4. The van der Waals surface area contributed by atoms with Crippen molar-refractivity contribution >= 4 is 23.6 Å². The van der Waals surface area contributed by atoms with Crippen LogP contribution in [-0.4, -0.2) is 54.3 Å². The van der Waals surface area contributed by atoms with Gasteiger partial charge in [-0.1, -0.05) is 13.8 Å². The lowest BCUT2D eigenvalue weighted by Gasteiger charge is -2.22. The fourth-order valence-electron chi connectivity index (χ4n) is 3.06. The fourth-order valence-corrected chi connectivity index (χ4v) is 3.06. The summed E-state index contributed by atoms with van der Waals surface area (Å²) in [5, 5.41) is 5.55. The van der Waals surface area contributed by atoms with Crippen LogP contribution in [-0.2, 0) is 14.4 Å². The van der Waals surface area contributed by atoms with Gasteiger partial charge in [-0.2, -0.15) is 0 Å². The third-order valence-corrected chi connectivity index (χ3v) is 4.68. The van der Waals surface area contributed by atoms with Gasteiger partial charge in [-0.15, -0.1) is 0 Å². The lowest BCUT2D eigenvalue weighted by Crippen LogP contribution is -2.50. The molecule has 1 unspecified atom stereocenters. The maximum Gasteiger partial charge on any atom is 0.251 e. The summed E-state index contributed by atoms with van der Waals surface area (Å²) in [5.74, 6) is -0.387. The predicted octanol–water partition coefficient (Wildman–Crippen LogP) is 1.49. The summed E-state index contributed by atoms with van der Waals surface area (Å²) in [5.41, 5.74) is 0.443. The van der Waals surface area contributed by atoms with E-state index in [4.69, 9.17) is 4.74 Å². The Hall–Kier alpha value is -2.90. The number of nitrogens with zero attached hydrogens (tertiary/aromatic N) is 1. The Kier molecular flexibility index (Phi) is 8.18. The molecular weight excluding hydrogens is 374 g/mol. The van der Waals surface area contributed by atoms with Crippen LogP contribution in [0.4, 0.5) is 0 Å². The lowest BCUT2D eigenvalue weighted by molar-refractivity contribution is -0.138. The van der Waals surface area contributed by atoms with Gasteiger partial charge in [0.15, 0.2) is 0 Å². The highest BCUT2D eigenvalue weighted by Gasteiger charge is 2.28. The number of amides is 4. The first-order valence-corrected chi connectivity index (χ1v) is 9.98. The van der Waals surface area contributed by atoms with Gasteiger partial charge < -0.3 is 15.4 Å². The van der Waals surface area contributed by atoms with Gasteiger partial charge in [0.1, 0.15) is 11.8 Å². The van der Waals surface area contributed by atoms with E-state index in [2.05, 4.69) is 10.6 Å². The van der Waals surface area contributed by atoms with Crippen LogP contribution in [0, 0.1) is 5.92 Å². The fraction of sp³-hybridized carbons (Fsp3) is 0.524. The molecule has 8 heteroatoms. The third kappa shape index (κ3) is 6.30. The van der Waals surface area contributed by atoms with Crippen LogP contribution in [0.1, 0.15) is 50.4 Å². The normalized spacial score (nSPS) is 14.8. The topological polar surface area (TPSA) is 105 Å². The van der Waals surface area contributed by atoms with Crippen molar-refractivity contribution in [2.45, 2.75) is 46.1 Å².